The van der Waals surface area contributed by atoms with E-state index >= 15 is 0 Å². The summed E-state index contributed by atoms with van der Waals surface area (Å²) in [6.45, 7) is 0. The first-order valence-electron chi connectivity index (χ1n) is 8.81. The molecule has 0 aliphatic rings. The zero-order valence-corrected chi connectivity index (χ0v) is 15.7. The molecule has 0 atom stereocenters. The Morgan fingerprint density at radius 2 is 1.78 bits per heavy atom. The van der Waals surface area contributed by atoms with Gasteiger partial charge in [-0.25, -0.2) is 4.98 Å². The lowest BCUT2D eigenvalue weighted by Gasteiger charge is -2.13. The molecule has 5 nitrogen and oxygen atoms in total. The topological polar surface area (TPSA) is 41.8 Å². The summed E-state index contributed by atoms with van der Waals surface area (Å²) in [7, 11) is 5.75. The van der Waals surface area contributed by atoms with Gasteiger partial charge in [0.1, 0.15) is 22.9 Å². The summed E-state index contributed by atoms with van der Waals surface area (Å²) >= 11 is 0. The van der Waals surface area contributed by atoms with Crippen LogP contribution >= 0.6 is 0 Å². The van der Waals surface area contributed by atoms with Crippen molar-refractivity contribution in [3.8, 4) is 17.0 Å². The van der Waals surface area contributed by atoms with Crippen molar-refractivity contribution in [2.45, 2.75) is 0 Å². The molecule has 136 valence electrons. The number of hydrogen-bond acceptors (Lipinski definition) is 4. The third kappa shape index (κ3) is 3.31. The molecular formula is C22H22N4O. The fourth-order valence-corrected chi connectivity index (χ4v) is 3.07. The predicted molar refractivity (Wildman–Crippen MR) is 111 cm³/mol. The van der Waals surface area contributed by atoms with E-state index in [1.807, 2.05) is 62.8 Å². The average molecular weight is 358 g/mol. The lowest BCUT2D eigenvalue weighted by atomic mass is 10.1. The van der Waals surface area contributed by atoms with Gasteiger partial charge in [-0.3, -0.25) is 4.40 Å². The highest BCUT2D eigenvalue weighted by Gasteiger charge is 2.14. The average Bonchev–Trinajstić information content (AvgIpc) is 3.07. The Bertz CT molecular complexity index is 1070. The van der Waals surface area contributed by atoms with Crippen LogP contribution < -0.4 is 15.0 Å². The van der Waals surface area contributed by atoms with Crippen molar-refractivity contribution in [2.24, 2.45) is 0 Å². The quantitative estimate of drug-likeness (QED) is 0.555. The minimum absolute atomic E-state index is 0.811. The van der Waals surface area contributed by atoms with Crippen LogP contribution in [0.2, 0.25) is 0 Å². The van der Waals surface area contributed by atoms with Gasteiger partial charge >= 0.3 is 0 Å². The highest BCUT2D eigenvalue weighted by molar-refractivity contribution is 5.80. The maximum atomic E-state index is 5.34. The maximum absolute atomic E-state index is 5.34. The zero-order valence-electron chi connectivity index (χ0n) is 15.7. The van der Waals surface area contributed by atoms with Crippen molar-refractivity contribution in [2.75, 3.05) is 31.4 Å². The van der Waals surface area contributed by atoms with E-state index in [2.05, 4.69) is 38.9 Å². The van der Waals surface area contributed by atoms with Crippen LogP contribution in [0.15, 0.2) is 72.9 Å². The van der Waals surface area contributed by atoms with E-state index in [1.165, 1.54) is 0 Å². The first kappa shape index (κ1) is 17.0. The van der Waals surface area contributed by atoms with Gasteiger partial charge in [0.2, 0.25) is 0 Å². The largest absolute Gasteiger partial charge is 0.497 e. The maximum Gasteiger partial charge on any atom is 0.143 e. The van der Waals surface area contributed by atoms with Crippen LogP contribution in [-0.4, -0.2) is 30.6 Å². The number of pyridine rings is 1. The number of rotatable bonds is 5. The summed E-state index contributed by atoms with van der Waals surface area (Å²) in [6, 6.07) is 22.3. The monoisotopic (exact) mass is 358 g/mol. The van der Waals surface area contributed by atoms with E-state index < -0.39 is 0 Å². The number of ether oxygens (including phenoxy) is 1. The summed E-state index contributed by atoms with van der Waals surface area (Å²) in [5.74, 6) is 1.74. The molecule has 2 aromatic carbocycles. The molecule has 5 heteroatoms. The van der Waals surface area contributed by atoms with Crippen LogP contribution in [0, 0.1) is 0 Å². The van der Waals surface area contributed by atoms with E-state index in [9.17, 15) is 0 Å². The second kappa shape index (κ2) is 7.03. The summed E-state index contributed by atoms with van der Waals surface area (Å²) in [5, 5.41) is 3.52. The van der Waals surface area contributed by atoms with Crippen molar-refractivity contribution >= 4 is 22.8 Å². The second-order valence-electron chi connectivity index (χ2n) is 6.54. The van der Waals surface area contributed by atoms with Crippen LogP contribution in [0.25, 0.3) is 16.9 Å². The highest BCUT2D eigenvalue weighted by Crippen LogP contribution is 2.32. The molecule has 27 heavy (non-hydrogen) atoms. The van der Waals surface area contributed by atoms with Gasteiger partial charge in [-0.15, -0.1) is 0 Å². The van der Waals surface area contributed by atoms with E-state index in [1.54, 1.807) is 7.11 Å². The van der Waals surface area contributed by atoms with E-state index in [4.69, 9.17) is 9.72 Å². The first-order chi connectivity index (χ1) is 13.2. The predicted octanol–water partition coefficient (Wildman–Crippen LogP) is 4.82. The molecule has 0 amide bonds. The Hall–Kier alpha value is -3.47. The summed E-state index contributed by atoms with van der Waals surface area (Å²) in [5.41, 5.74) is 4.98. The van der Waals surface area contributed by atoms with Gasteiger partial charge in [0.05, 0.1) is 7.11 Å². The normalized spacial score (nSPS) is 10.8. The number of methoxy groups -OCH3 is 1. The molecule has 0 bridgehead atoms. The molecule has 2 heterocycles. The zero-order chi connectivity index (χ0) is 18.8. The third-order valence-electron chi connectivity index (χ3n) is 4.52. The molecule has 2 aromatic heterocycles. The molecule has 0 saturated carbocycles. The SMILES string of the molecule is COc1cccc(Nc2c(-c3ccc(N(C)C)cc3)nc3ccccn23)c1. The van der Waals surface area contributed by atoms with E-state index in [0.717, 1.165) is 39.8 Å². The van der Waals surface area contributed by atoms with Crippen molar-refractivity contribution in [3.05, 3.63) is 72.9 Å². The van der Waals surface area contributed by atoms with Crippen molar-refractivity contribution in [1.82, 2.24) is 9.38 Å². The number of nitrogens with zero attached hydrogens (tertiary/aromatic N) is 3. The number of imidazole rings is 1. The van der Waals surface area contributed by atoms with Crippen molar-refractivity contribution in [3.63, 3.8) is 0 Å². The number of anilines is 3. The minimum atomic E-state index is 0.811. The minimum Gasteiger partial charge on any atom is -0.497 e. The van der Waals surface area contributed by atoms with Crippen molar-refractivity contribution < 1.29 is 4.74 Å². The van der Waals surface area contributed by atoms with Gasteiger partial charge in [0.25, 0.3) is 0 Å². The Kier molecular flexibility index (Phi) is 4.42. The van der Waals surface area contributed by atoms with Crippen molar-refractivity contribution in [1.29, 1.82) is 0 Å². The summed E-state index contributed by atoms with van der Waals surface area (Å²) < 4.78 is 7.41. The highest BCUT2D eigenvalue weighted by atomic mass is 16.5. The molecular weight excluding hydrogens is 336 g/mol. The summed E-state index contributed by atoms with van der Waals surface area (Å²) in [4.78, 5) is 6.94. The van der Waals surface area contributed by atoms with Crippen LogP contribution in [-0.2, 0) is 0 Å². The Labute approximate surface area is 158 Å². The molecule has 0 radical (unpaired) electrons. The molecule has 4 aromatic rings. The Balaban J connectivity index is 1.81. The molecule has 4 rings (SSSR count). The lowest BCUT2D eigenvalue weighted by Crippen LogP contribution is -2.07. The van der Waals surface area contributed by atoms with Gasteiger partial charge in [-0.05, 0) is 36.4 Å². The number of hydrogen-bond donors (Lipinski definition) is 1. The number of nitrogens with one attached hydrogen (secondary N) is 1. The van der Waals surface area contributed by atoms with Crippen LogP contribution in [0.1, 0.15) is 0 Å². The molecule has 0 aliphatic carbocycles. The van der Waals surface area contributed by atoms with Crippen LogP contribution in [0.4, 0.5) is 17.2 Å². The van der Waals surface area contributed by atoms with Crippen LogP contribution in [0.3, 0.4) is 0 Å². The van der Waals surface area contributed by atoms with E-state index in [-0.39, 0.29) is 0 Å². The Morgan fingerprint density at radius 1 is 0.963 bits per heavy atom. The van der Waals surface area contributed by atoms with Gasteiger partial charge in [0.15, 0.2) is 0 Å². The fourth-order valence-electron chi connectivity index (χ4n) is 3.07. The lowest BCUT2D eigenvalue weighted by molar-refractivity contribution is 0.415. The number of aromatic nitrogens is 2. The summed E-state index contributed by atoms with van der Waals surface area (Å²) in [6.07, 6.45) is 2.02. The molecule has 0 fully saturated rings. The fraction of sp³-hybridized carbons (Fsp3) is 0.136. The van der Waals surface area contributed by atoms with E-state index in [0.29, 0.717) is 0 Å². The van der Waals surface area contributed by atoms with Gasteiger partial charge < -0.3 is 15.0 Å². The standard InChI is InChI=1S/C22H22N4O/c1-25(2)18-12-10-16(11-13-18)21-22(26-14-5-4-9-20(26)24-21)23-17-7-6-8-19(15-17)27-3/h4-15,23H,1-3H3. The number of fused-ring (bicyclic) bond motifs is 1. The van der Waals surface area contributed by atoms with Gasteiger partial charge in [0, 0.05) is 43.3 Å². The molecule has 0 saturated heterocycles. The first-order valence-corrected chi connectivity index (χ1v) is 8.81. The molecule has 0 unspecified atom stereocenters. The molecule has 1 N–H and O–H groups in total. The Morgan fingerprint density at radius 3 is 2.52 bits per heavy atom. The number of benzene rings is 2. The molecule has 0 spiro atoms. The van der Waals surface area contributed by atoms with Crippen LogP contribution in [0.5, 0.6) is 5.75 Å². The third-order valence-corrected chi connectivity index (χ3v) is 4.52. The van der Waals surface area contributed by atoms with Gasteiger partial charge in [-0.1, -0.05) is 24.3 Å². The van der Waals surface area contributed by atoms with Gasteiger partial charge in [-0.2, -0.15) is 0 Å². The second-order valence-corrected chi connectivity index (χ2v) is 6.54. The molecule has 0 aliphatic heterocycles. The smallest absolute Gasteiger partial charge is 0.143 e.